The lowest BCUT2D eigenvalue weighted by Gasteiger charge is -2.26. The van der Waals surface area contributed by atoms with Crippen molar-refractivity contribution < 1.29 is 23.9 Å². The fourth-order valence-corrected chi connectivity index (χ4v) is 2.49. The second-order valence-corrected chi connectivity index (χ2v) is 5.30. The molecule has 0 bridgehead atoms. The summed E-state index contributed by atoms with van der Waals surface area (Å²) in [6, 6.07) is 5.86. The Balaban J connectivity index is 2.20. The Morgan fingerprint density at radius 3 is 2.60 bits per heavy atom. The van der Waals surface area contributed by atoms with Crippen molar-refractivity contribution in [3.63, 3.8) is 0 Å². The van der Waals surface area contributed by atoms with Gasteiger partial charge in [-0.2, -0.15) is 0 Å². The predicted octanol–water partition coefficient (Wildman–Crippen LogP) is 1.40. The van der Waals surface area contributed by atoms with E-state index >= 15 is 0 Å². The van der Waals surface area contributed by atoms with Gasteiger partial charge in [-0.3, -0.25) is 0 Å². The summed E-state index contributed by atoms with van der Waals surface area (Å²) in [7, 11) is 1.70. The van der Waals surface area contributed by atoms with Gasteiger partial charge in [-0.1, -0.05) is 12.1 Å². The van der Waals surface area contributed by atoms with Crippen LogP contribution in [-0.2, 0) is 14.3 Å². The molecule has 8 nitrogen and oxygen atoms in total. The number of hydrogen-bond acceptors (Lipinski definition) is 6. The van der Waals surface area contributed by atoms with Gasteiger partial charge in [0.25, 0.3) is 0 Å². The van der Waals surface area contributed by atoms with Gasteiger partial charge in [-0.25, -0.2) is 14.4 Å². The average molecular weight is 347 g/mol. The molecule has 0 spiro atoms. The number of esters is 2. The van der Waals surface area contributed by atoms with Crippen LogP contribution < -0.4 is 16.0 Å². The maximum absolute atomic E-state index is 12.3. The molecular weight excluding hydrogens is 326 g/mol. The van der Waals surface area contributed by atoms with Crippen LogP contribution >= 0.6 is 0 Å². The van der Waals surface area contributed by atoms with Crippen molar-refractivity contribution >= 4 is 23.7 Å². The molecule has 0 aliphatic carbocycles. The van der Waals surface area contributed by atoms with E-state index in [-0.39, 0.29) is 24.5 Å². The summed E-state index contributed by atoms with van der Waals surface area (Å²) < 4.78 is 10.3. The van der Waals surface area contributed by atoms with E-state index in [1.165, 1.54) is 0 Å². The van der Waals surface area contributed by atoms with Crippen molar-refractivity contribution in [1.82, 2.24) is 10.6 Å². The Bertz CT molecular complexity index is 714. The molecule has 3 N–H and O–H groups in total. The number of hydrogen-bond donors (Lipinski definition) is 3. The van der Waals surface area contributed by atoms with Crippen LogP contribution in [0.2, 0.25) is 0 Å². The van der Waals surface area contributed by atoms with Crippen LogP contribution in [0.25, 0.3) is 0 Å². The third kappa shape index (κ3) is 4.28. The molecule has 0 saturated heterocycles. The van der Waals surface area contributed by atoms with Crippen LogP contribution in [0.4, 0.5) is 10.5 Å². The van der Waals surface area contributed by atoms with Crippen molar-refractivity contribution in [3.05, 3.63) is 41.1 Å². The van der Waals surface area contributed by atoms with Crippen LogP contribution in [0.3, 0.4) is 0 Å². The summed E-state index contributed by atoms with van der Waals surface area (Å²) in [6.07, 6.45) is 0. The molecule has 1 aromatic rings. The smallest absolute Gasteiger partial charge is 0.340 e. The monoisotopic (exact) mass is 347 g/mol. The summed E-state index contributed by atoms with van der Waals surface area (Å²) in [5, 5.41) is 7.99. The lowest BCUT2D eigenvalue weighted by Crippen LogP contribution is -2.50. The van der Waals surface area contributed by atoms with Crippen LogP contribution in [0.15, 0.2) is 35.5 Å². The number of urea groups is 1. The van der Waals surface area contributed by atoms with Gasteiger partial charge in [0.15, 0.2) is 0 Å². The third-order valence-electron chi connectivity index (χ3n) is 3.63. The molecule has 25 heavy (non-hydrogen) atoms. The number of carbonyl (C=O) groups excluding carboxylic acids is 3. The number of nitrogens with one attached hydrogen (secondary N) is 3. The Kier molecular flexibility index (Phi) is 5.99. The zero-order valence-corrected chi connectivity index (χ0v) is 14.3. The summed E-state index contributed by atoms with van der Waals surface area (Å²) in [6.45, 7) is 3.30. The van der Waals surface area contributed by atoms with Crippen molar-refractivity contribution in [1.29, 1.82) is 0 Å². The zero-order chi connectivity index (χ0) is 18.4. The number of carbonyl (C=O) groups is 3. The zero-order valence-electron chi connectivity index (χ0n) is 14.3. The lowest BCUT2D eigenvalue weighted by molar-refractivity contribution is -0.139. The number of ether oxygens (including phenoxy) is 2. The van der Waals surface area contributed by atoms with Crippen molar-refractivity contribution in [3.8, 4) is 0 Å². The van der Waals surface area contributed by atoms with Gasteiger partial charge in [-0.15, -0.1) is 0 Å². The van der Waals surface area contributed by atoms with E-state index in [4.69, 9.17) is 9.47 Å². The molecule has 8 heteroatoms. The maximum Gasteiger partial charge on any atom is 0.340 e. The summed E-state index contributed by atoms with van der Waals surface area (Å²) in [5.41, 5.74) is 1.42. The molecule has 0 fully saturated rings. The molecule has 2 rings (SSSR count). The molecular formula is C17H21N3O5. The molecule has 1 aliphatic rings. The van der Waals surface area contributed by atoms with E-state index in [2.05, 4.69) is 16.0 Å². The van der Waals surface area contributed by atoms with Gasteiger partial charge < -0.3 is 25.4 Å². The largest absolute Gasteiger partial charge is 0.463 e. The molecule has 0 radical (unpaired) electrons. The second kappa shape index (κ2) is 8.18. The van der Waals surface area contributed by atoms with Gasteiger partial charge in [0.2, 0.25) is 0 Å². The van der Waals surface area contributed by atoms with Crippen LogP contribution in [0.5, 0.6) is 0 Å². The molecule has 1 aliphatic heterocycles. The molecule has 1 heterocycles. The summed E-state index contributed by atoms with van der Waals surface area (Å²) >= 11 is 0. The minimum Gasteiger partial charge on any atom is -0.463 e. The molecule has 1 aromatic carbocycles. The highest BCUT2D eigenvalue weighted by Crippen LogP contribution is 2.18. The van der Waals surface area contributed by atoms with Crippen LogP contribution in [0, 0.1) is 0 Å². The first-order valence-corrected chi connectivity index (χ1v) is 7.89. The Hall–Kier alpha value is -3.03. The molecule has 0 unspecified atom stereocenters. The first kappa shape index (κ1) is 18.3. The first-order chi connectivity index (χ1) is 12.0. The van der Waals surface area contributed by atoms with E-state index in [0.717, 1.165) is 0 Å². The number of para-hydroxylation sites is 1. The van der Waals surface area contributed by atoms with Crippen LogP contribution in [0.1, 0.15) is 24.2 Å². The van der Waals surface area contributed by atoms with Crippen LogP contribution in [-0.4, -0.2) is 44.3 Å². The minimum absolute atomic E-state index is 0.200. The summed E-state index contributed by atoms with van der Waals surface area (Å²) in [4.78, 5) is 36.1. The highest BCUT2D eigenvalue weighted by Gasteiger charge is 2.30. The molecule has 0 aromatic heterocycles. The molecule has 0 saturated carbocycles. The normalized spacial score (nSPS) is 16.6. The van der Waals surface area contributed by atoms with E-state index in [9.17, 15) is 14.4 Å². The number of rotatable bonds is 6. The van der Waals surface area contributed by atoms with E-state index in [1.54, 1.807) is 45.2 Å². The SMILES string of the molecule is CCOC(=O)C1=C(COC(=O)c2ccccc2NC)NC(=O)N[C@@H]1C. The van der Waals surface area contributed by atoms with E-state index < -0.39 is 24.0 Å². The van der Waals surface area contributed by atoms with Gasteiger partial charge in [-0.05, 0) is 26.0 Å². The van der Waals surface area contributed by atoms with E-state index in [0.29, 0.717) is 11.3 Å². The number of anilines is 1. The number of amides is 2. The molecule has 2 amide bonds. The lowest BCUT2D eigenvalue weighted by atomic mass is 10.0. The minimum atomic E-state index is -0.568. The van der Waals surface area contributed by atoms with Crippen molar-refractivity contribution in [2.75, 3.05) is 25.6 Å². The predicted molar refractivity (Wildman–Crippen MR) is 91.1 cm³/mol. The van der Waals surface area contributed by atoms with Crippen molar-refractivity contribution in [2.24, 2.45) is 0 Å². The topological polar surface area (TPSA) is 106 Å². The van der Waals surface area contributed by atoms with Gasteiger partial charge in [0.1, 0.15) is 6.61 Å². The fraction of sp³-hybridized carbons (Fsp3) is 0.353. The number of benzene rings is 1. The first-order valence-electron chi connectivity index (χ1n) is 7.89. The highest BCUT2D eigenvalue weighted by atomic mass is 16.5. The maximum atomic E-state index is 12.3. The Morgan fingerprint density at radius 1 is 1.20 bits per heavy atom. The second-order valence-electron chi connectivity index (χ2n) is 5.30. The van der Waals surface area contributed by atoms with E-state index in [1.807, 2.05) is 0 Å². The average Bonchev–Trinajstić information content (AvgIpc) is 2.59. The Morgan fingerprint density at radius 2 is 1.92 bits per heavy atom. The standard InChI is InChI=1S/C17H21N3O5/c1-4-24-16(22)14-10(2)19-17(23)20-13(14)9-25-15(21)11-7-5-6-8-12(11)18-3/h5-8,10,18H,4,9H2,1-3H3,(H2,19,20,23)/t10-/m1/s1. The third-order valence-corrected chi connectivity index (χ3v) is 3.63. The fourth-order valence-electron chi connectivity index (χ4n) is 2.49. The van der Waals surface area contributed by atoms with Gasteiger partial charge in [0, 0.05) is 12.7 Å². The van der Waals surface area contributed by atoms with Crippen molar-refractivity contribution in [2.45, 2.75) is 19.9 Å². The molecule has 134 valence electrons. The molecule has 1 atom stereocenters. The summed E-state index contributed by atoms with van der Waals surface area (Å²) in [5.74, 6) is -1.13. The van der Waals surface area contributed by atoms with Gasteiger partial charge in [0.05, 0.1) is 29.5 Å². The highest BCUT2D eigenvalue weighted by molar-refractivity contribution is 5.97. The van der Waals surface area contributed by atoms with Gasteiger partial charge >= 0.3 is 18.0 Å². The Labute approximate surface area is 145 Å². The quantitative estimate of drug-likeness (QED) is 0.672.